The third kappa shape index (κ3) is 4.35. The van der Waals surface area contributed by atoms with E-state index in [0.29, 0.717) is 19.5 Å². The molecule has 1 saturated heterocycles. The van der Waals surface area contributed by atoms with Crippen molar-refractivity contribution in [1.29, 1.82) is 0 Å². The monoisotopic (exact) mass is 348 g/mol. The topological polar surface area (TPSA) is 100 Å². The SMILES string of the molecule is O=C(NCCNc1ccc2ccccc2n1)N[C@H]1CCS(=O)(=O)C1. The Morgan fingerprint density at radius 1 is 1.17 bits per heavy atom. The lowest BCUT2D eigenvalue weighted by Gasteiger charge is -2.12. The summed E-state index contributed by atoms with van der Waals surface area (Å²) in [6.45, 7) is 0.946. The van der Waals surface area contributed by atoms with Gasteiger partial charge < -0.3 is 16.0 Å². The standard InChI is InChI=1S/C16H20N4O3S/c21-16(19-13-7-10-24(22,23)11-13)18-9-8-17-15-6-5-12-3-1-2-4-14(12)20-15/h1-6,13H,7-11H2,(H,17,20)(H2,18,19,21)/t13-/m0/s1. The zero-order valence-corrected chi connectivity index (χ0v) is 14.0. The number of pyridine rings is 1. The predicted molar refractivity (Wildman–Crippen MR) is 93.8 cm³/mol. The van der Waals surface area contributed by atoms with E-state index in [1.807, 2.05) is 36.4 Å². The maximum Gasteiger partial charge on any atom is 0.315 e. The molecule has 0 unspecified atom stereocenters. The molecule has 0 saturated carbocycles. The quantitative estimate of drug-likeness (QED) is 0.704. The number of carbonyl (C=O) groups is 1. The van der Waals surface area contributed by atoms with Crippen molar-refractivity contribution < 1.29 is 13.2 Å². The lowest BCUT2D eigenvalue weighted by Crippen LogP contribution is -2.44. The fourth-order valence-electron chi connectivity index (χ4n) is 2.68. The number of para-hydroxylation sites is 1. The van der Waals surface area contributed by atoms with E-state index in [-0.39, 0.29) is 23.6 Å². The Morgan fingerprint density at radius 3 is 2.79 bits per heavy atom. The summed E-state index contributed by atoms with van der Waals surface area (Å²) in [6.07, 6.45) is 0.481. The number of urea groups is 1. The van der Waals surface area contributed by atoms with Crippen LogP contribution in [-0.2, 0) is 9.84 Å². The number of aromatic nitrogens is 1. The van der Waals surface area contributed by atoms with Crippen LogP contribution in [0.4, 0.5) is 10.6 Å². The summed E-state index contributed by atoms with van der Waals surface area (Å²) in [5.41, 5.74) is 0.913. The van der Waals surface area contributed by atoms with E-state index < -0.39 is 9.84 Å². The van der Waals surface area contributed by atoms with E-state index in [4.69, 9.17) is 0 Å². The van der Waals surface area contributed by atoms with Crippen molar-refractivity contribution in [2.24, 2.45) is 0 Å². The first-order chi connectivity index (χ1) is 11.5. The predicted octanol–water partition coefficient (Wildman–Crippen LogP) is 1.13. The molecule has 0 aliphatic carbocycles. The van der Waals surface area contributed by atoms with Gasteiger partial charge in [0.05, 0.1) is 17.0 Å². The van der Waals surface area contributed by atoms with E-state index in [9.17, 15) is 13.2 Å². The van der Waals surface area contributed by atoms with Crippen LogP contribution in [0.3, 0.4) is 0 Å². The van der Waals surface area contributed by atoms with E-state index in [0.717, 1.165) is 16.7 Å². The van der Waals surface area contributed by atoms with Crippen molar-refractivity contribution in [1.82, 2.24) is 15.6 Å². The van der Waals surface area contributed by atoms with Crippen molar-refractivity contribution >= 4 is 32.6 Å². The van der Waals surface area contributed by atoms with Crippen LogP contribution in [0.15, 0.2) is 36.4 Å². The van der Waals surface area contributed by atoms with Gasteiger partial charge >= 0.3 is 6.03 Å². The highest BCUT2D eigenvalue weighted by Gasteiger charge is 2.28. The molecule has 0 bridgehead atoms. The second-order valence-electron chi connectivity index (χ2n) is 5.82. The fourth-order valence-corrected chi connectivity index (χ4v) is 4.35. The number of hydrogen-bond acceptors (Lipinski definition) is 5. The minimum absolute atomic E-state index is 0.0275. The number of amides is 2. The van der Waals surface area contributed by atoms with Crippen LogP contribution in [0.5, 0.6) is 0 Å². The lowest BCUT2D eigenvalue weighted by molar-refractivity contribution is 0.238. The second kappa shape index (κ2) is 7.04. The Labute approximate surface area is 140 Å². The second-order valence-corrected chi connectivity index (χ2v) is 8.04. The van der Waals surface area contributed by atoms with Gasteiger partial charge in [-0.2, -0.15) is 0 Å². The molecular weight excluding hydrogens is 328 g/mol. The molecule has 128 valence electrons. The van der Waals surface area contributed by atoms with Gasteiger partial charge in [0.15, 0.2) is 9.84 Å². The van der Waals surface area contributed by atoms with E-state index in [1.165, 1.54) is 0 Å². The summed E-state index contributed by atoms with van der Waals surface area (Å²) in [5.74, 6) is 0.921. The molecular formula is C16H20N4O3S. The average Bonchev–Trinajstić information content (AvgIpc) is 2.90. The fraction of sp³-hybridized carbons (Fsp3) is 0.375. The molecule has 2 amide bonds. The largest absolute Gasteiger partial charge is 0.368 e. The number of rotatable bonds is 5. The highest BCUT2D eigenvalue weighted by molar-refractivity contribution is 7.91. The Morgan fingerprint density at radius 2 is 2.00 bits per heavy atom. The average molecular weight is 348 g/mol. The highest BCUT2D eigenvalue weighted by Crippen LogP contribution is 2.14. The first-order valence-electron chi connectivity index (χ1n) is 7.86. The lowest BCUT2D eigenvalue weighted by atomic mass is 10.2. The van der Waals surface area contributed by atoms with Crippen LogP contribution in [0.2, 0.25) is 0 Å². The summed E-state index contributed by atoms with van der Waals surface area (Å²) in [5, 5.41) is 9.62. The number of anilines is 1. The van der Waals surface area contributed by atoms with Gasteiger partial charge in [-0.3, -0.25) is 0 Å². The van der Waals surface area contributed by atoms with Gasteiger partial charge in [-0.25, -0.2) is 18.2 Å². The van der Waals surface area contributed by atoms with Gasteiger partial charge in [-0.1, -0.05) is 18.2 Å². The van der Waals surface area contributed by atoms with Gasteiger partial charge in [0.2, 0.25) is 0 Å². The number of fused-ring (bicyclic) bond motifs is 1. The Kier molecular flexibility index (Phi) is 4.84. The molecule has 1 aliphatic heterocycles. The van der Waals surface area contributed by atoms with E-state index in [1.54, 1.807) is 0 Å². The Bertz CT molecular complexity index is 838. The van der Waals surface area contributed by atoms with Gasteiger partial charge in [0, 0.05) is 24.5 Å². The maximum atomic E-state index is 11.7. The Hall–Kier alpha value is -2.35. The van der Waals surface area contributed by atoms with Crippen molar-refractivity contribution in [3.8, 4) is 0 Å². The van der Waals surface area contributed by atoms with E-state index in [2.05, 4.69) is 20.9 Å². The van der Waals surface area contributed by atoms with Crippen LogP contribution < -0.4 is 16.0 Å². The maximum absolute atomic E-state index is 11.7. The molecule has 3 N–H and O–H groups in total. The van der Waals surface area contributed by atoms with Gasteiger partial charge in [0.1, 0.15) is 5.82 Å². The minimum atomic E-state index is -2.98. The number of nitrogens with one attached hydrogen (secondary N) is 3. The highest BCUT2D eigenvalue weighted by atomic mass is 32.2. The molecule has 3 rings (SSSR count). The van der Waals surface area contributed by atoms with Gasteiger partial charge in [-0.15, -0.1) is 0 Å². The summed E-state index contributed by atoms with van der Waals surface area (Å²) >= 11 is 0. The van der Waals surface area contributed by atoms with Crippen molar-refractivity contribution in [2.45, 2.75) is 12.5 Å². The molecule has 1 aromatic carbocycles. The zero-order valence-electron chi connectivity index (χ0n) is 13.2. The Balaban J connectivity index is 1.40. The molecule has 8 heteroatoms. The molecule has 0 radical (unpaired) electrons. The molecule has 1 fully saturated rings. The smallest absolute Gasteiger partial charge is 0.315 e. The molecule has 2 aromatic rings. The first kappa shape index (κ1) is 16.5. The van der Waals surface area contributed by atoms with Crippen LogP contribution in [0.1, 0.15) is 6.42 Å². The van der Waals surface area contributed by atoms with Crippen molar-refractivity contribution in [3.63, 3.8) is 0 Å². The van der Waals surface area contributed by atoms with Gasteiger partial charge in [-0.05, 0) is 24.6 Å². The van der Waals surface area contributed by atoms with E-state index >= 15 is 0 Å². The molecule has 1 atom stereocenters. The number of sulfone groups is 1. The summed E-state index contributed by atoms with van der Waals surface area (Å²) in [6, 6.07) is 11.1. The number of carbonyl (C=O) groups excluding carboxylic acids is 1. The van der Waals surface area contributed by atoms with Crippen LogP contribution in [0, 0.1) is 0 Å². The van der Waals surface area contributed by atoms with Crippen molar-refractivity contribution in [2.75, 3.05) is 29.9 Å². The zero-order chi connectivity index (χ0) is 17.0. The number of hydrogen-bond donors (Lipinski definition) is 3. The van der Waals surface area contributed by atoms with Gasteiger partial charge in [0.25, 0.3) is 0 Å². The third-order valence-electron chi connectivity index (χ3n) is 3.88. The first-order valence-corrected chi connectivity index (χ1v) is 9.68. The normalized spacial score (nSPS) is 19.1. The molecule has 0 spiro atoms. The summed E-state index contributed by atoms with van der Waals surface area (Å²) in [7, 11) is -2.98. The third-order valence-corrected chi connectivity index (χ3v) is 5.65. The summed E-state index contributed by atoms with van der Waals surface area (Å²) in [4.78, 5) is 16.2. The molecule has 1 aromatic heterocycles. The molecule has 24 heavy (non-hydrogen) atoms. The number of benzene rings is 1. The van der Waals surface area contributed by atoms with Crippen LogP contribution in [0.25, 0.3) is 10.9 Å². The van der Waals surface area contributed by atoms with Crippen LogP contribution >= 0.6 is 0 Å². The molecule has 1 aliphatic rings. The number of nitrogens with zero attached hydrogens (tertiary/aromatic N) is 1. The van der Waals surface area contributed by atoms with Crippen molar-refractivity contribution in [3.05, 3.63) is 36.4 Å². The molecule has 7 nitrogen and oxygen atoms in total. The van der Waals surface area contributed by atoms with Crippen LogP contribution in [-0.4, -0.2) is 50.1 Å². The molecule has 2 heterocycles. The minimum Gasteiger partial charge on any atom is -0.368 e. The summed E-state index contributed by atoms with van der Waals surface area (Å²) < 4.78 is 22.7.